The molecule has 2 unspecified atom stereocenters. The number of guanidine groups is 1. The molecule has 158 valence electrons. The van der Waals surface area contributed by atoms with E-state index in [-0.39, 0.29) is 29.9 Å². The molecule has 0 aromatic rings. The Balaban J connectivity index is 0.00000261. The van der Waals surface area contributed by atoms with Crippen molar-refractivity contribution in [2.75, 3.05) is 18.1 Å². The van der Waals surface area contributed by atoms with Gasteiger partial charge in [-0.1, -0.05) is 39.5 Å². The summed E-state index contributed by atoms with van der Waals surface area (Å²) in [5.74, 6) is 1.75. The van der Waals surface area contributed by atoms with Crippen LogP contribution in [0.5, 0.6) is 0 Å². The van der Waals surface area contributed by atoms with Crippen LogP contribution in [0.4, 0.5) is 0 Å². The third-order valence-electron chi connectivity index (χ3n) is 6.33. The average molecular weight is 512 g/mol. The molecule has 2 saturated carbocycles. The summed E-state index contributed by atoms with van der Waals surface area (Å²) in [6.45, 7) is 5.34. The molecular weight excluding hydrogens is 473 g/mol. The fourth-order valence-electron chi connectivity index (χ4n) is 4.82. The summed E-state index contributed by atoms with van der Waals surface area (Å²) in [4.78, 5) is 4.84. The first kappa shape index (κ1) is 23.2. The first-order valence-corrected chi connectivity index (χ1v) is 12.4. The highest BCUT2D eigenvalue weighted by Crippen LogP contribution is 2.35. The molecule has 1 aliphatic heterocycles. The van der Waals surface area contributed by atoms with Gasteiger partial charge in [-0.2, -0.15) is 0 Å². The number of nitrogens with one attached hydrogen (secondary N) is 2. The molecule has 0 amide bonds. The fraction of sp³-hybridized carbons (Fsp3) is 0.950. The van der Waals surface area contributed by atoms with E-state index in [4.69, 9.17) is 4.99 Å². The van der Waals surface area contributed by atoms with E-state index in [2.05, 4.69) is 24.5 Å². The Morgan fingerprint density at radius 2 is 1.67 bits per heavy atom. The maximum absolute atomic E-state index is 11.7. The van der Waals surface area contributed by atoms with Crippen molar-refractivity contribution < 1.29 is 8.42 Å². The van der Waals surface area contributed by atoms with Crippen LogP contribution in [0.2, 0.25) is 0 Å². The van der Waals surface area contributed by atoms with E-state index in [0.29, 0.717) is 35.5 Å². The van der Waals surface area contributed by atoms with E-state index < -0.39 is 9.84 Å². The standard InChI is InChI=1S/C20H37N3O2S.HI/c1-20(2)11-6-9-18(13-20)23-19(22-17-7-4-3-5-8-17)21-14-16-10-12-26(24,25)15-16;/h16-18H,3-15H2,1-2H3,(H2,21,22,23);1H. The lowest BCUT2D eigenvalue weighted by molar-refractivity contribution is 0.209. The van der Waals surface area contributed by atoms with Crippen molar-refractivity contribution in [3.63, 3.8) is 0 Å². The normalized spacial score (nSPS) is 31.1. The van der Waals surface area contributed by atoms with Gasteiger partial charge in [0, 0.05) is 18.6 Å². The second-order valence-corrected chi connectivity index (χ2v) is 11.8. The van der Waals surface area contributed by atoms with Crippen LogP contribution in [0, 0.1) is 11.3 Å². The highest BCUT2D eigenvalue weighted by atomic mass is 127. The zero-order valence-corrected chi connectivity index (χ0v) is 20.2. The van der Waals surface area contributed by atoms with Gasteiger partial charge < -0.3 is 10.6 Å². The molecule has 0 radical (unpaired) electrons. The van der Waals surface area contributed by atoms with E-state index in [0.717, 1.165) is 12.4 Å². The van der Waals surface area contributed by atoms with Crippen LogP contribution in [-0.4, -0.2) is 44.5 Å². The van der Waals surface area contributed by atoms with Crippen LogP contribution < -0.4 is 10.6 Å². The maximum atomic E-state index is 11.7. The highest BCUT2D eigenvalue weighted by Gasteiger charge is 2.30. The molecule has 1 heterocycles. The lowest BCUT2D eigenvalue weighted by Gasteiger charge is -2.37. The molecular formula is C20H38IN3O2S. The smallest absolute Gasteiger partial charge is 0.191 e. The van der Waals surface area contributed by atoms with E-state index >= 15 is 0 Å². The summed E-state index contributed by atoms with van der Waals surface area (Å²) in [5.41, 5.74) is 0.394. The lowest BCUT2D eigenvalue weighted by Crippen LogP contribution is -2.50. The summed E-state index contributed by atoms with van der Waals surface area (Å²) in [7, 11) is -2.82. The number of hydrogen-bond acceptors (Lipinski definition) is 3. The summed E-state index contributed by atoms with van der Waals surface area (Å²) in [6.07, 6.45) is 12.1. The molecule has 0 aromatic carbocycles. The number of nitrogens with zero attached hydrogens (tertiary/aromatic N) is 1. The van der Waals surface area contributed by atoms with E-state index in [1.807, 2.05) is 0 Å². The van der Waals surface area contributed by atoms with Gasteiger partial charge in [0.15, 0.2) is 15.8 Å². The van der Waals surface area contributed by atoms with Crippen LogP contribution >= 0.6 is 24.0 Å². The van der Waals surface area contributed by atoms with Crippen LogP contribution in [0.15, 0.2) is 4.99 Å². The number of hydrogen-bond donors (Lipinski definition) is 2. The predicted molar refractivity (Wildman–Crippen MR) is 124 cm³/mol. The Morgan fingerprint density at radius 1 is 1.00 bits per heavy atom. The third kappa shape index (κ3) is 7.71. The van der Waals surface area contributed by atoms with Gasteiger partial charge in [0.2, 0.25) is 0 Å². The lowest BCUT2D eigenvalue weighted by atomic mass is 9.75. The van der Waals surface area contributed by atoms with Crippen molar-refractivity contribution >= 4 is 39.8 Å². The molecule has 0 bridgehead atoms. The van der Waals surface area contributed by atoms with Gasteiger partial charge in [-0.15, -0.1) is 24.0 Å². The molecule has 5 nitrogen and oxygen atoms in total. The molecule has 3 fully saturated rings. The van der Waals surface area contributed by atoms with E-state index in [1.54, 1.807) is 0 Å². The third-order valence-corrected chi connectivity index (χ3v) is 8.16. The second-order valence-electron chi connectivity index (χ2n) is 9.54. The van der Waals surface area contributed by atoms with Crippen molar-refractivity contribution in [1.29, 1.82) is 0 Å². The van der Waals surface area contributed by atoms with Crippen molar-refractivity contribution in [3.05, 3.63) is 0 Å². The Bertz CT molecular complexity index is 600. The second kappa shape index (κ2) is 10.1. The SMILES string of the molecule is CC1(C)CCCC(NC(=NCC2CCS(=O)(=O)C2)NC2CCCCC2)C1.I. The van der Waals surface area contributed by atoms with E-state index in [1.165, 1.54) is 57.8 Å². The highest BCUT2D eigenvalue weighted by molar-refractivity contribution is 14.0. The first-order valence-electron chi connectivity index (χ1n) is 10.6. The van der Waals surface area contributed by atoms with Gasteiger partial charge in [-0.05, 0) is 49.9 Å². The predicted octanol–water partition coefficient (Wildman–Crippen LogP) is 3.88. The monoisotopic (exact) mass is 511 g/mol. The van der Waals surface area contributed by atoms with Gasteiger partial charge in [-0.25, -0.2) is 8.42 Å². The maximum Gasteiger partial charge on any atom is 0.191 e. The van der Waals surface area contributed by atoms with Gasteiger partial charge in [0.05, 0.1) is 11.5 Å². The summed E-state index contributed by atoms with van der Waals surface area (Å²) in [5, 5.41) is 7.36. The quantitative estimate of drug-likeness (QED) is 0.342. The molecule has 3 rings (SSSR count). The van der Waals surface area contributed by atoms with E-state index in [9.17, 15) is 8.42 Å². The van der Waals surface area contributed by atoms with Gasteiger partial charge in [-0.3, -0.25) is 4.99 Å². The Morgan fingerprint density at radius 3 is 2.30 bits per heavy atom. The molecule has 2 atom stereocenters. The number of aliphatic imine (C=N–C) groups is 1. The molecule has 2 aliphatic carbocycles. The van der Waals surface area contributed by atoms with Gasteiger partial charge in [0.1, 0.15) is 0 Å². The molecule has 3 aliphatic rings. The van der Waals surface area contributed by atoms with Gasteiger partial charge in [0.25, 0.3) is 0 Å². The minimum Gasteiger partial charge on any atom is -0.354 e. The van der Waals surface area contributed by atoms with Crippen LogP contribution in [-0.2, 0) is 9.84 Å². The van der Waals surface area contributed by atoms with Crippen LogP contribution in [0.3, 0.4) is 0 Å². The van der Waals surface area contributed by atoms with Crippen LogP contribution in [0.1, 0.15) is 78.1 Å². The van der Waals surface area contributed by atoms with Gasteiger partial charge >= 0.3 is 0 Å². The summed E-state index contributed by atoms with van der Waals surface area (Å²) < 4.78 is 23.4. The summed E-state index contributed by atoms with van der Waals surface area (Å²) >= 11 is 0. The largest absolute Gasteiger partial charge is 0.354 e. The average Bonchev–Trinajstić information content (AvgIpc) is 2.92. The van der Waals surface area contributed by atoms with Crippen LogP contribution in [0.25, 0.3) is 0 Å². The van der Waals surface area contributed by atoms with Crippen molar-refractivity contribution in [1.82, 2.24) is 10.6 Å². The Labute approximate surface area is 182 Å². The number of halogens is 1. The summed E-state index contributed by atoms with van der Waals surface area (Å²) in [6, 6.07) is 0.986. The Kier molecular flexibility index (Phi) is 8.71. The topological polar surface area (TPSA) is 70.6 Å². The molecule has 7 heteroatoms. The van der Waals surface area contributed by atoms with Crippen molar-refractivity contribution in [2.45, 2.75) is 90.1 Å². The van der Waals surface area contributed by atoms with Crippen molar-refractivity contribution in [2.24, 2.45) is 16.3 Å². The molecule has 1 saturated heterocycles. The minimum absolute atomic E-state index is 0. The fourth-order valence-corrected chi connectivity index (χ4v) is 6.67. The molecule has 27 heavy (non-hydrogen) atoms. The first-order chi connectivity index (χ1) is 12.3. The molecule has 0 aromatic heterocycles. The minimum atomic E-state index is -2.82. The zero-order chi connectivity index (χ0) is 18.6. The number of rotatable bonds is 4. The Hall–Kier alpha value is -0.0500. The van der Waals surface area contributed by atoms with Crippen molar-refractivity contribution in [3.8, 4) is 0 Å². The molecule has 0 spiro atoms. The zero-order valence-electron chi connectivity index (χ0n) is 17.0. The number of sulfone groups is 1. The molecule has 2 N–H and O–H groups in total.